The molecule has 4 heteroatoms. The topological polar surface area (TPSA) is 51.2 Å². The molecule has 2 aliphatic carbocycles. The summed E-state index contributed by atoms with van der Waals surface area (Å²) >= 11 is 0. The summed E-state index contributed by atoms with van der Waals surface area (Å²) in [6.45, 7) is 6.85. The van der Waals surface area contributed by atoms with Gasteiger partial charge in [0.15, 0.2) is 0 Å². The molecule has 2 aliphatic rings. The SMILES string of the molecule is CCOc1ccc(-c2cc(C(=O)N[C@@H](C)[C@@H]3C[C@@H]4CC[C@@H]3C4)c3cc(C)ccc3n2)cc1. The van der Waals surface area contributed by atoms with Crippen LogP contribution in [0.25, 0.3) is 22.2 Å². The molecule has 0 radical (unpaired) electrons. The predicted octanol–water partition coefficient (Wildman–Crippen LogP) is 6.16. The van der Waals surface area contributed by atoms with Crippen molar-refractivity contribution >= 4 is 16.8 Å². The van der Waals surface area contributed by atoms with Crippen molar-refractivity contribution in [2.45, 2.75) is 52.5 Å². The van der Waals surface area contributed by atoms with E-state index in [0.29, 0.717) is 18.1 Å². The molecule has 2 fully saturated rings. The van der Waals surface area contributed by atoms with E-state index in [4.69, 9.17) is 9.72 Å². The molecule has 0 aliphatic heterocycles. The third kappa shape index (κ3) is 3.99. The zero-order chi connectivity index (χ0) is 22.2. The van der Waals surface area contributed by atoms with Crippen LogP contribution in [0.15, 0.2) is 48.5 Å². The van der Waals surface area contributed by atoms with Gasteiger partial charge in [-0.2, -0.15) is 0 Å². The molecule has 2 aromatic carbocycles. The Morgan fingerprint density at radius 1 is 1.12 bits per heavy atom. The highest BCUT2D eigenvalue weighted by molar-refractivity contribution is 6.07. The smallest absolute Gasteiger partial charge is 0.252 e. The van der Waals surface area contributed by atoms with Crippen LogP contribution in [0.5, 0.6) is 5.75 Å². The van der Waals surface area contributed by atoms with E-state index in [1.807, 2.05) is 43.3 Å². The maximum Gasteiger partial charge on any atom is 0.252 e. The molecular formula is C28H32N2O2. The van der Waals surface area contributed by atoms with Crippen LogP contribution in [0.2, 0.25) is 0 Å². The van der Waals surface area contributed by atoms with Gasteiger partial charge >= 0.3 is 0 Å². The molecule has 2 saturated carbocycles. The summed E-state index contributed by atoms with van der Waals surface area (Å²) in [5.74, 6) is 3.11. The molecule has 2 bridgehead atoms. The summed E-state index contributed by atoms with van der Waals surface area (Å²) in [6, 6.07) is 16.2. The van der Waals surface area contributed by atoms with E-state index in [2.05, 4.69) is 31.3 Å². The predicted molar refractivity (Wildman–Crippen MR) is 129 cm³/mol. The Morgan fingerprint density at radius 3 is 2.62 bits per heavy atom. The summed E-state index contributed by atoms with van der Waals surface area (Å²) in [7, 11) is 0. The lowest BCUT2D eigenvalue weighted by Gasteiger charge is -2.28. The van der Waals surface area contributed by atoms with E-state index in [-0.39, 0.29) is 11.9 Å². The number of hydrogen-bond acceptors (Lipinski definition) is 3. The van der Waals surface area contributed by atoms with Gasteiger partial charge in [-0.15, -0.1) is 0 Å². The van der Waals surface area contributed by atoms with Crippen LogP contribution in [-0.2, 0) is 0 Å². The first-order valence-electron chi connectivity index (χ1n) is 12.0. The minimum Gasteiger partial charge on any atom is -0.494 e. The van der Waals surface area contributed by atoms with E-state index < -0.39 is 0 Å². The van der Waals surface area contributed by atoms with Gasteiger partial charge in [-0.1, -0.05) is 18.1 Å². The lowest BCUT2D eigenvalue weighted by molar-refractivity contribution is 0.0917. The number of fused-ring (bicyclic) bond motifs is 3. The lowest BCUT2D eigenvalue weighted by atomic mass is 9.84. The van der Waals surface area contributed by atoms with E-state index in [0.717, 1.165) is 45.3 Å². The number of ether oxygens (including phenoxy) is 1. The second kappa shape index (κ2) is 8.57. The molecule has 0 saturated heterocycles. The van der Waals surface area contributed by atoms with Crippen LogP contribution in [0.4, 0.5) is 0 Å². The molecule has 3 aromatic rings. The summed E-state index contributed by atoms with van der Waals surface area (Å²) in [5, 5.41) is 4.27. The molecule has 1 heterocycles. The summed E-state index contributed by atoms with van der Waals surface area (Å²) in [6.07, 6.45) is 5.32. The quantitative estimate of drug-likeness (QED) is 0.511. The maximum atomic E-state index is 13.5. The fourth-order valence-corrected chi connectivity index (χ4v) is 5.86. The van der Waals surface area contributed by atoms with Crippen LogP contribution < -0.4 is 10.1 Å². The fraction of sp³-hybridized carbons (Fsp3) is 0.429. The van der Waals surface area contributed by atoms with E-state index >= 15 is 0 Å². The Kier molecular flexibility index (Phi) is 5.62. The van der Waals surface area contributed by atoms with Gasteiger partial charge in [0.1, 0.15) is 5.75 Å². The highest BCUT2D eigenvalue weighted by Gasteiger charge is 2.42. The van der Waals surface area contributed by atoms with Crippen molar-refractivity contribution in [1.29, 1.82) is 0 Å². The van der Waals surface area contributed by atoms with Gasteiger partial charge in [-0.3, -0.25) is 4.79 Å². The Morgan fingerprint density at radius 2 is 1.94 bits per heavy atom. The number of pyridine rings is 1. The van der Waals surface area contributed by atoms with Gasteiger partial charge in [0.25, 0.3) is 5.91 Å². The average molecular weight is 429 g/mol. The maximum absolute atomic E-state index is 13.5. The first-order chi connectivity index (χ1) is 15.5. The molecule has 5 rings (SSSR count). The number of benzene rings is 2. The highest BCUT2D eigenvalue weighted by Crippen LogP contribution is 2.49. The van der Waals surface area contributed by atoms with Crippen LogP contribution in [0, 0.1) is 24.7 Å². The summed E-state index contributed by atoms with van der Waals surface area (Å²) < 4.78 is 5.57. The molecule has 0 unspecified atom stereocenters. The molecule has 1 aromatic heterocycles. The van der Waals surface area contributed by atoms with Crippen molar-refractivity contribution in [3.05, 3.63) is 59.7 Å². The third-order valence-electron chi connectivity index (χ3n) is 7.46. The average Bonchev–Trinajstić information content (AvgIpc) is 3.43. The van der Waals surface area contributed by atoms with Crippen molar-refractivity contribution in [2.75, 3.05) is 6.61 Å². The Balaban J connectivity index is 1.47. The molecule has 4 atom stereocenters. The van der Waals surface area contributed by atoms with E-state index in [9.17, 15) is 4.79 Å². The van der Waals surface area contributed by atoms with Crippen LogP contribution in [0.1, 0.15) is 55.5 Å². The molecule has 32 heavy (non-hydrogen) atoms. The number of hydrogen-bond donors (Lipinski definition) is 1. The molecule has 166 valence electrons. The van der Waals surface area contributed by atoms with Gasteiger partial charge in [0.05, 0.1) is 23.4 Å². The number of carbonyl (C=O) groups is 1. The Bertz CT molecular complexity index is 1140. The Hall–Kier alpha value is -2.88. The largest absolute Gasteiger partial charge is 0.494 e. The fourth-order valence-electron chi connectivity index (χ4n) is 5.86. The third-order valence-corrected chi connectivity index (χ3v) is 7.46. The van der Waals surface area contributed by atoms with Gasteiger partial charge in [0, 0.05) is 17.0 Å². The second-order valence-electron chi connectivity index (χ2n) is 9.63. The number of rotatable bonds is 6. The normalized spacial score (nSPS) is 22.8. The van der Waals surface area contributed by atoms with Crippen molar-refractivity contribution in [1.82, 2.24) is 10.3 Å². The minimum absolute atomic E-state index is 0.00506. The second-order valence-corrected chi connectivity index (χ2v) is 9.63. The van der Waals surface area contributed by atoms with Crippen molar-refractivity contribution in [3.63, 3.8) is 0 Å². The molecular weight excluding hydrogens is 396 g/mol. The zero-order valence-electron chi connectivity index (χ0n) is 19.2. The van der Waals surface area contributed by atoms with Crippen molar-refractivity contribution < 1.29 is 9.53 Å². The van der Waals surface area contributed by atoms with Crippen molar-refractivity contribution in [2.24, 2.45) is 17.8 Å². The van der Waals surface area contributed by atoms with E-state index in [1.165, 1.54) is 25.7 Å². The molecule has 1 N–H and O–H groups in total. The number of carbonyl (C=O) groups excluding carboxylic acids is 1. The van der Waals surface area contributed by atoms with Gasteiger partial charge in [-0.25, -0.2) is 4.98 Å². The number of aromatic nitrogens is 1. The molecule has 0 spiro atoms. The van der Waals surface area contributed by atoms with Crippen LogP contribution in [0.3, 0.4) is 0 Å². The standard InChI is InChI=1S/C28H32N2O2/c1-4-32-22-10-8-20(9-11-22)27-16-25(24-13-17(2)5-12-26(24)30-27)28(31)29-18(3)23-15-19-6-7-21(23)14-19/h5,8-13,16,18-19,21,23H,4,6-7,14-15H2,1-3H3,(H,29,31)/t18-,19+,21+,23-/m0/s1. The van der Waals surface area contributed by atoms with Crippen molar-refractivity contribution in [3.8, 4) is 17.0 Å². The van der Waals surface area contributed by atoms with E-state index in [1.54, 1.807) is 0 Å². The molecule has 4 nitrogen and oxygen atoms in total. The Labute approximate surface area is 190 Å². The molecule has 1 amide bonds. The zero-order valence-corrected chi connectivity index (χ0v) is 19.2. The monoisotopic (exact) mass is 428 g/mol. The van der Waals surface area contributed by atoms with Gasteiger partial charge in [0.2, 0.25) is 0 Å². The number of amides is 1. The number of nitrogens with one attached hydrogen (secondary N) is 1. The highest BCUT2D eigenvalue weighted by atomic mass is 16.5. The van der Waals surface area contributed by atoms with Crippen LogP contribution in [-0.4, -0.2) is 23.5 Å². The summed E-state index contributed by atoms with van der Waals surface area (Å²) in [4.78, 5) is 18.4. The number of aryl methyl sites for hydroxylation is 1. The minimum atomic E-state index is 0.00506. The first-order valence-corrected chi connectivity index (χ1v) is 12.0. The lowest BCUT2D eigenvalue weighted by Crippen LogP contribution is -2.40. The first kappa shape index (κ1) is 21.0. The van der Waals surface area contributed by atoms with Crippen LogP contribution >= 0.6 is 0 Å². The van der Waals surface area contributed by atoms with Gasteiger partial charge in [-0.05, 0) is 100 Å². The summed E-state index contributed by atoms with van der Waals surface area (Å²) in [5.41, 5.74) is 4.47. The number of nitrogens with zero attached hydrogens (tertiary/aromatic N) is 1. The van der Waals surface area contributed by atoms with Gasteiger partial charge < -0.3 is 10.1 Å².